The first kappa shape index (κ1) is 23.7. The molecule has 0 bridgehead atoms. The second-order valence-corrected chi connectivity index (χ2v) is 9.11. The van der Waals surface area contributed by atoms with Crippen molar-refractivity contribution in [2.24, 2.45) is 5.92 Å². The molecule has 1 saturated carbocycles. The number of benzene rings is 2. The maximum absolute atomic E-state index is 12.7. The van der Waals surface area contributed by atoms with Crippen molar-refractivity contribution in [3.05, 3.63) is 54.1 Å². The van der Waals surface area contributed by atoms with Crippen LogP contribution in [0.25, 0.3) is 10.9 Å². The number of hydrogen-bond acceptors (Lipinski definition) is 6. The number of pyridine rings is 1. The number of carbonyl (C=O) groups excluding carboxylic acids is 1. The van der Waals surface area contributed by atoms with Gasteiger partial charge in [-0.25, -0.2) is 4.98 Å². The summed E-state index contributed by atoms with van der Waals surface area (Å²) in [6.45, 7) is 0.671. The third-order valence-electron chi connectivity index (χ3n) is 6.54. The van der Waals surface area contributed by atoms with Gasteiger partial charge in [-0.2, -0.15) is 0 Å². The number of hydrogen-bond donors (Lipinski definition) is 2. The molecule has 3 aromatic rings. The Kier molecular flexibility index (Phi) is 7.40. The van der Waals surface area contributed by atoms with Gasteiger partial charge in [-0.15, -0.1) is 0 Å². The number of rotatable bonds is 8. The summed E-state index contributed by atoms with van der Waals surface area (Å²) in [6, 6.07) is 16.0. The van der Waals surface area contributed by atoms with Crippen LogP contribution in [0.2, 0.25) is 0 Å². The van der Waals surface area contributed by atoms with Crippen LogP contribution in [0.15, 0.2) is 48.5 Å². The summed E-state index contributed by atoms with van der Waals surface area (Å²) in [6.07, 6.45) is 4.24. The van der Waals surface area contributed by atoms with Crippen LogP contribution < -0.4 is 25.0 Å². The van der Waals surface area contributed by atoms with Crippen LogP contribution >= 0.6 is 0 Å². The second-order valence-electron chi connectivity index (χ2n) is 9.11. The predicted octanol–water partition coefficient (Wildman–Crippen LogP) is 4.72. The Morgan fingerprint density at radius 1 is 1.00 bits per heavy atom. The molecule has 0 unspecified atom stereocenters. The molecule has 7 nitrogen and oxygen atoms in total. The Morgan fingerprint density at radius 2 is 1.68 bits per heavy atom. The van der Waals surface area contributed by atoms with Crippen molar-refractivity contribution in [1.82, 2.24) is 10.3 Å². The van der Waals surface area contributed by atoms with Crippen molar-refractivity contribution >= 4 is 28.3 Å². The minimum absolute atomic E-state index is 0.103. The van der Waals surface area contributed by atoms with Gasteiger partial charge < -0.3 is 25.0 Å². The number of fused-ring (bicyclic) bond motifs is 1. The minimum Gasteiger partial charge on any atom is -0.497 e. The quantitative estimate of drug-likeness (QED) is 0.505. The maximum atomic E-state index is 12.7. The van der Waals surface area contributed by atoms with Gasteiger partial charge in [0.2, 0.25) is 0 Å². The molecule has 180 valence electrons. The normalized spacial score (nSPS) is 17.8. The molecule has 1 heterocycles. The molecule has 2 aromatic carbocycles. The molecule has 1 aliphatic rings. The van der Waals surface area contributed by atoms with Gasteiger partial charge in [0.05, 0.1) is 19.7 Å². The Bertz CT molecular complexity index is 1120. The first-order valence-corrected chi connectivity index (χ1v) is 11.8. The molecule has 1 fully saturated rings. The smallest absolute Gasteiger partial charge is 0.251 e. The average molecular weight is 463 g/mol. The Hall–Kier alpha value is -3.48. The lowest BCUT2D eigenvalue weighted by Gasteiger charge is -2.30. The minimum atomic E-state index is -0.103. The van der Waals surface area contributed by atoms with Crippen molar-refractivity contribution in [3.63, 3.8) is 0 Å². The van der Waals surface area contributed by atoms with E-state index in [1.165, 1.54) is 5.69 Å². The number of methoxy groups -OCH3 is 2. The van der Waals surface area contributed by atoms with Gasteiger partial charge in [-0.3, -0.25) is 4.79 Å². The highest BCUT2D eigenvalue weighted by Gasteiger charge is 2.22. The highest BCUT2D eigenvalue weighted by atomic mass is 16.5. The highest BCUT2D eigenvalue weighted by Crippen LogP contribution is 2.30. The zero-order chi connectivity index (χ0) is 24.1. The summed E-state index contributed by atoms with van der Waals surface area (Å²) in [4.78, 5) is 19.6. The number of ether oxygens (including phenoxy) is 2. The summed E-state index contributed by atoms with van der Waals surface area (Å²) in [5.41, 5.74) is 2.71. The lowest BCUT2D eigenvalue weighted by Crippen LogP contribution is -2.34. The molecule has 4 rings (SSSR count). The van der Waals surface area contributed by atoms with E-state index in [9.17, 15) is 4.79 Å². The number of anilines is 2. The fourth-order valence-corrected chi connectivity index (χ4v) is 4.60. The SMILES string of the molecule is COc1cc(OC)cc(C(=O)NC[C@H]2CC[C@@H](Nc3cc(N(C)C)c4ccccc4n3)CC2)c1. The molecule has 1 amide bonds. The summed E-state index contributed by atoms with van der Waals surface area (Å²) in [5.74, 6) is 2.50. The molecule has 34 heavy (non-hydrogen) atoms. The van der Waals surface area contributed by atoms with E-state index in [-0.39, 0.29) is 5.91 Å². The number of carbonyl (C=O) groups is 1. The first-order valence-electron chi connectivity index (χ1n) is 11.8. The van der Waals surface area contributed by atoms with Gasteiger partial charge in [0.1, 0.15) is 17.3 Å². The molecule has 0 radical (unpaired) electrons. The number of para-hydroxylation sites is 1. The van der Waals surface area contributed by atoms with Crippen molar-refractivity contribution in [3.8, 4) is 11.5 Å². The summed E-state index contributed by atoms with van der Waals surface area (Å²) >= 11 is 0. The van der Waals surface area contributed by atoms with Gasteiger partial charge in [0.25, 0.3) is 5.91 Å². The molecular weight excluding hydrogens is 428 g/mol. The van der Waals surface area contributed by atoms with E-state index in [1.807, 2.05) is 6.07 Å². The summed E-state index contributed by atoms with van der Waals surface area (Å²) in [7, 11) is 7.29. The number of nitrogens with one attached hydrogen (secondary N) is 2. The predicted molar refractivity (Wildman–Crippen MR) is 137 cm³/mol. The first-order chi connectivity index (χ1) is 16.5. The molecule has 7 heteroatoms. The molecule has 0 aliphatic heterocycles. The largest absolute Gasteiger partial charge is 0.497 e. The van der Waals surface area contributed by atoms with Crippen LogP contribution in [-0.2, 0) is 0 Å². The van der Waals surface area contributed by atoms with Gasteiger partial charge in [-0.05, 0) is 49.8 Å². The van der Waals surface area contributed by atoms with Crippen molar-refractivity contribution in [2.45, 2.75) is 31.7 Å². The van der Waals surface area contributed by atoms with E-state index < -0.39 is 0 Å². The van der Waals surface area contributed by atoms with Crippen molar-refractivity contribution in [1.29, 1.82) is 0 Å². The summed E-state index contributed by atoms with van der Waals surface area (Å²) < 4.78 is 10.5. The molecule has 0 atom stereocenters. The molecule has 1 aromatic heterocycles. The Morgan fingerprint density at radius 3 is 2.32 bits per heavy atom. The van der Waals surface area contributed by atoms with Gasteiger partial charge in [0, 0.05) is 55.5 Å². The number of nitrogens with zero attached hydrogens (tertiary/aromatic N) is 2. The fraction of sp³-hybridized carbons (Fsp3) is 0.407. The van der Waals surface area contributed by atoms with Crippen molar-refractivity contribution in [2.75, 3.05) is 45.1 Å². The zero-order valence-corrected chi connectivity index (χ0v) is 20.4. The van der Waals surface area contributed by atoms with Crippen LogP contribution in [0.1, 0.15) is 36.0 Å². The van der Waals surface area contributed by atoms with Gasteiger partial charge in [-0.1, -0.05) is 18.2 Å². The summed E-state index contributed by atoms with van der Waals surface area (Å²) in [5, 5.41) is 7.90. The lowest BCUT2D eigenvalue weighted by atomic mass is 9.86. The Balaban J connectivity index is 1.31. The molecule has 2 N–H and O–H groups in total. The van der Waals surface area contributed by atoms with Crippen molar-refractivity contribution < 1.29 is 14.3 Å². The van der Waals surface area contributed by atoms with Crippen LogP contribution in [-0.4, -0.2) is 51.8 Å². The zero-order valence-electron chi connectivity index (χ0n) is 20.4. The molecular formula is C27H34N4O3. The van der Waals surface area contributed by atoms with Crippen LogP contribution in [0.3, 0.4) is 0 Å². The van der Waals surface area contributed by atoms with E-state index in [0.29, 0.717) is 35.6 Å². The molecule has 0 saturated heterocycles. The van der Waals surface area contributed by atoms with E-state index in [2.05, 4.69) is 53.9 Å². The lowest BCUT2D eigenvalue weighted by molar-refractivity contribution is 0.0942. The third-order valence-corrected chi connectivity index (χ3v) is 6.54. The Labute approximate surface area is 201 Å². The standard InChI is InChI=1S/C27H34N4O3/c1-31(2)25-16-26(30-24-8-6-5-7-23(24)25)29-20-11-9-18(10-12-20)17-28-27(32)19-13-21(33-3)15-22(14-19)34-4/h5-8,13-16,18,20H,9-12,17H2,1-4H3,(H,28,32)(H,29,30)/t18-,20+. The molecule has 1 aliphatic carbocycles. The van der Waals surface area contributed by atoms with Gasteiger partial charge in [0.15, 0.2) is 0 Å². The number of aromatic nitrogens is 1. The van der Waals surface area contributed by atoms with Crippen LogP contribution in [0.5, 0.6) is 11.5 Å². The second kappa shape index (κ2) is 10.6. The third kappa shape index (κ3) is 5.53. The van der Waals surface area contributed by atoms with Crippen LogP contribution in [0.4, 0.5) is 11.5 Å². The topological polar surface area (TPSA) is 75.7 Å². The van der Waals surface area contributed by atoms with E-state index in [4.69, 9.17) is 14.5 Å². The number of amides is 1. The molecule has 0 spiro atoms. The highest BCUT2D eigenvalue weighted by molar-refractivity contribution is 5.95. The van der Waals surface area contributed by atoms with E-state index >= 15 is 0 Å². The average Bonchev–Trinajstić information content (AvgIpc) is 2.87. The van der Waals surface area contributed by atoms with E-state index in [1.54, 1.807) is 32.4 Å². The van der Waals surface area contributed by atoms with Gasteiger partial charge >= 0.3 is 0 Å². The monoisotopic (exact) mass is 462 g/mol. The van der Waals surface area contributed by atoms with Crippen LogP contribution in [0, 0.1) is 5.92 Å². The maximum Gasteiger partial charge on any atom is 0.251 e. The fourth-order valence-electron chi connectivity index (χ4n) is 4.60. The van der Waals surface area contributed by atoms with E-state index in [0.717, 1.165) is 42.4 Å².